The van der Waals surface area contributed by atoms with Crippen LogP contribution in [-0.4, -0.2) is 11.0 Å². The van der Waals surface area contributed by atoms with Crippen molar-refractivity contribution >= 4 is 58.2 Å². The van der Waals surface area contributed by atoms with E-state index in [1.807, 2.05) is 0 Å². The monoisotopic (exact) mass is 340 g/mol. The van der Waals surface area contributed by atoms with Gasteiger partial charge in [-0.25, -0.2) is 0 Å². The second kappa shape index (κ2) is 7.26. The Morgan fingerprint density at radius 2 is 2.05 bits per heavy atom. The summed E-state index contributed by atoms with van der Waals surface area (Å²) in [5, 5.41) is 6.14. The summed E-state index contributed by atoms with van der Waals surface area (Å²) in [5.74, 6) is 0.184. The smallest absolute Gasteiger partial charge is 0.250 e. The second-order valence-corrected chi connectivity index (χ2v) is 5.09. The molecule has 0 unspecified atom stereocenters. The van der Waals surface area contributed by atoms with Crippen LogP contribution in [0.5, 0.6) is 0 Å². The lowest BCUT2D eigenvalue weighted by Gasteiger charge is -2.10. The number of nitrogens with one attached hydrogen (secondary N) is 2. The average molecular weight is 341 g/mol. The Morgan fingerprint density at radius 1 is 1.24 bits per heavy atom. The number of carbonyl (C=O) groups is 1. The predicted molar refractivity (Wildman–Crippen MR) is 88.6 cm³/mol. The van der Waals surface area contributed by atoms with Gasteiger partial charge in [0.15, 0.2) is 5.11 Å². The van der Waals surface area contributed by atoms with Gasteiger partial charge in [-0.05, 0) is 42.6 Å². The van der Waals surface area contributed by atoms with E-state index in [9.17, 15) is 4.79 Å². The zero-order valence-electron chi connectivity index (χ0n) is 10.6. The van der Waals surface area contributed by atoms with Gasteiger partial charge in [-0.1, -0.05) is 29.3 Å². The van der Waals surface area contributed by atoms with E-state index in [4.69, 9.17) is 39.8 Å². The predicted octanol–water partition coefficient (Wildman–Crippen LogP) is 4.11. The Morgan fingerprint density at radius 3 is 2.76 bits per heavy atom. The molecule has 1 heterocycles. The van der Waals surface area contributed by atoms with Gasteiger partial charge in [-0.15, -0.1) is 0 Å². The van der Waals surface area contributed by atoms with Gasteiger partial charge in [0.25, 0.3) is 0 Å². The maximum absolute atomic E-state index is 11.7. The molecule has 21 heavy (non-hydrogen) atoms. The van der Waals surface area contributed by atoms with Gasteiger partial charge in [0.05, 0.1) is 22.0 Å². The van der Waals surface area contributed by atoms with Crippen LogP contribution < -0.4 is 10.6 Å². The van der Waals surface area contributed by atoms with Crippen LogP contribution in [0, 0.1) is 0 Å². The molecule has 0 radical (unpaired) electrons. The van der Waals surface area contributed by atoms with Crippen molar-refractivity contribution in [2.45, 2.75) is 0 Å². The third kappa shape index (κ3) is 4.60. The molecule has 0 aliphatic rings. The Kier molecular flexibility index (Phi) is 5.38. The molecule has 2 aromatic rings. The van der Waals surface area contributed by atoms with Crippen LogP contribution in [-0.2, 0) is 4.79 Å². The number of halogens is 2. The summed E-state index contributed by atoms with van der Waals surface area (Å²) in [6.45, 7) is 0. The molecule has 1 aromatic heterocycles. The molecule has 1 aromatic carbocycles. The molecule has 0 atom stereocenters. The standard InChI is InChI=1S/C14H10Cl2N2O2S/c15-10-4-1-5-11(13(10)16)17-14(21)18-12(19)7-6-9-3-2-8-20-9/h1-8H,(H2,17,18,19,21)/b7-6+. The molecule has 0 saturated carbocycles. The number of furan rings is 1. The fraction of sp³-hybridized carbons (Fsp3) is 0. The van der Waals surface area contributed by atoms with Gasteiger partial charge in [0.1, 0.15) is 5.76 Å². The van der Waals surface area contributed by atoms with Crippen LogP contribution in [0.2, 0.25) is 10.0 Å². The van der Waals surface area contributed by atoms with Crippen LogP contribution in [0.4, 0.5) is 5.69 Å². The number of rotatable bonds is 3. The SMILES string of the molecule is O=C(/C=C/c1ccco1)NC(=S)Nc1cccc(Cl)c1Cl. The molecule has 0 fully saturated rings. The maximum Gasteiger partial charge on any atom is 0.250 e. The van der Waals surface area contributed by atoms with Crippen molar-refractivity contribution < 1.29 is 9.21 Å². The first kappa shape index (κ1) is 15.6. The van der Waals surface area contributed by atoms with Gasteiger partial charge < -0.3 is 9.73 Å². The lowest BCUT2D eigenvalue weighted by atomic mass is 10.3. The number of hydrogen-bond acceptors (Lipinski definition) is 3. The third-order valence-corrected chi connectivity index (χ3v) is 3.40. The molecule has 2 rings (SSSR count). The highest BCUT2D eigenvalue weighted by molar-refractivity contribution is 7.80. The maximum atomic E-state index is 11.7. The number of amides is 1. The Hall–Kier alpha value is -1.82. The van der Waals surface area contributed by atoms with Crippen molar-refractivity contribution in [1.82, 2.24) is 5.32 Å². The van der Waals surface area contributed by atoms with E-state index < -0.39 is 0 Å². The van der Waals surface area contributed by atoms with Crippen molar-refractivity contribution in [3.05, 3.63) is 58.5 Å². The first-order valence-corrected chi connectivity index (χ1v) is 7.00. The highest BCUT2D eigenvalue weighted by Crippen LogP contribution is 2.29. The van der Waals surface area contributed by atoms with Crippen LogP contribution >= 0.6 is 35.4 Å². The topological polar surface area (TPSA) is 54.3 Å². The lowest BCUT2D eigenvalue weighted by molar-refractivity contribution is -0.115. The molecule has 108 valence electrons. The zero-order valence-corrected chi connectivity index (χ0v) is 12.9. The molecule has 0 aliphatic heterocycles. The number of benzene rings is 1. The molecule has 0 spiro atoms. The summed E-state index contributed by atoms with van der Waals surface area (Å²) in [5.41, 5.74) is 0.518. The Labute approximate surface area is 136 Å². The van der Waals surface area contributed by atoms with Crippen molar-refractivity contribution in [3.63, 3.8) is 0 Å². The minimum Gasteiger partial charge on any atom is -0.465 e. The molecular weight excluding hydrogens is 331 g/mol. The number of anilines is 1. The van der Waals surface area contributed by atoms with Crippen molar-refractivity contribution in [3.8, 4) is 0 Å². The van der Waals surface area contributed by atoms with Crippen molar-refractivity contribution in [2.75, 3.05) is 5.32 Å². The molecular formula is C14H10Cl2N2O2S. The average Bonchev–Trinajstić information content (AvgIpc) is 2.95. The van der Waals surface area contributed by atoms with E-state index in [0.717, 1.165) is 0 Å². The van der Waals surface area contributed by atoms with Gasteiger partial charge in [-0.2, -0.15) is 0 Å². The molecule has 0 saturated heterocycles. The van der Waals surface area contributed by atoms with Gasteiger partial charge >= 0.3 is 0 Å². The molecule has 7 heteroatoms. The molecule has 1 amide bonds. The quantitative estimate of drug-likeness (QED) is 0.652. The first-order valence-electron chi connectivity index (χ1n) is 5.84. The van der Waals surface area contributed by atoms with Crippen molar-refractivity contribution in [1.29, 1.82) is 0 Å². The van der Waals surface area contributed by atoms with Crippen LogP contribution in [0.15, 0.2) is 47.1 Å². The van der Waals surface area contributed by atoms with Gasteiger partial charge in [-0.3, -0.25) is 10.1 Å². The normalized spacial score (nSPS) is 10.6. The Balaban J connectivity index is 1.92. The second-order valence-electron chi connectivity index (χ2n) is 3.89. The first-order chi connectivity index (χ1) is 10.1. The summed E-state index contributed by atoms with van der Waals surface area (Å²) in [7, 11) is 0. The molecule has 0 aliphatic carbocycles. The van der Waals surface area contributed by atoms with E-state index in [1.54, 1.807) is 30.3 Å². The van der Waals surface area contributed by atoms with E-state index in [0.29, 0.717) is 21.5 Å². The van der Waals surface area contributed by atoms with Crippen LogP contribution in [0.25, 0.3) is 6.08 Å². The summed E-state index contributed by atoms with van der Waals surface area (Å²) < 4.78 is 5.07. The molecule has 4 nitrogen and oxygen atoms in total. The van der Waals surface area contributed by atoms with Crippen LogP contribution in [0.3, 0.4) is 0 Å². The largest absolute Gasteiger partial charge is 0.465 e. The van der Waals surface area contributed by atoms with Crippen molar-refractivity contribution in [2.24, 2.45) is 0 Å². The minimum atomic E-state index is -0.387. The fourth-order valence-electron chi connectivity index (χ4n) is 1.45. The summed E-state index contributed by atoms with van der Waals surface area (Å²) in [6.07, 6.45) is 4.36. The summed E-state index contributed by atoms with van der Waals surface area (Å²) in [6, 6.07) is 8.53. The van der Waals surface area contributed by atoms with Gasteiger partial charge in [0.2, 0.25) is 5.91 Å². The molecule has 2 N–H and O–H groups in total. The highest BCUT2D eigenvalue weighted by Gasteiger charge is 2.07. The minimum absolute atomic E-state index is 0.119. The van der Waals surface area contributed by atoms with Crippen LogP contribution in [0.1, 0.15) is 5.76 Å². The zero-order chi connectivity index (χ0) is 15.2. The highest BCUT2D eigenvalue weighted by atomic mass is 35.5. The third-order valence-electron chi connectivity index (χ3n) is 2.38. The lowest BCUT2D eigenvalue weighted by Crippen LogP contribution is -2.32. The fourth-order valence-corrected chi connectivity index (χ4v) is 2.01. The van der Waals surface area contributed by atoms with E-state index in [2.05, 4.69) is 10.6 Å². The Bertz CT molecular complexity index is 684. The number of carbonyl (C=O) groups excluding carboxylic acids is 1. The van der Waals surface area contributed by atoms with E-state index >= 15 is 0 Å². The molecule has 0 bridgehead atoms. The summed E-state index contributed by atoms with van der Waals surface area (Å²) in [4.78, 5) is 11.7. The summed E-state index contributed by atoms with van der Waals surface area (Å²) >= 11 is 16.9. The van der Waals surface area contributed by atoms with Gasteiger partial charge in [0, 0.05) is 6.08 Å². The van der Waals surface area contributed by atoms with E-state index in [-0.39, 0.29) is 11.0 Å². The number of hydrogen-bond donors (Lipinski definition) is 2. The van der Waals surface area contributed by atoms with E-state index in [1.165, 1.54) is 18.4 Å². The number of thiocarbonyl (C=S) groups is 1.